The summed E-state index contributed by atoms with van der Waals surface area (Å²) in [5.74, 6) is 1.83. The topological polar surface area (TPSA) is 55.2 Å². The average molecular weight is 352 g/mol. The van der Waals surface area contributed by atoms with Crippen LogP contribution < -0.4 is 4.74 Å². The van der Waals surface area contributed by atoms with Crippen molar-refractivity contribution in [2.45, 2.75) is 19.8 Å². The van der Waals surface area contributed by atoms with Gasteiger partial charge in [-0.15, -0.1) is 0 Å². The summed E-state index contributed by atoms with van der Waals surface area (Å²) in [7, 11) is 1.63. The first kappa shape index (κ1) is 17.1. The average Bonchev–Trinajstić information content (AvgIpc) is 3.00. The van der Waals surface area contributed by atoms with Crippen LogP contribution in [-0.4, -0.2) is 28.2 Å². The van der Waals surface area contributed by atoms with E-state index in [1.807, 2.05) is 36.4 Å². The Bertz CT molecular complexity index is 939. The van der Waals surface area contributed by atoms with Gasteiger partial charge < -0.3 is 4.74 Å². The Hall–Kier alpha value is -2.73. The second-order valence-electron chi connectivity index (χ2n) is 5.93. The fraction of sp³-hybridized carbons (Fsp3) is 0.211. The molecule has 0 spiro atoms. The third kappa shape index (κ3) is 3.69. The number of methoxy groups -OCH3 is 1. The molecule has 0 aliphatic heterocycles. The normalized spacial score (nSPS) is 11.4. The quantitative estimate of drug-likeness (QED) is 0.538. The molecule has 1 aromatic heterocycles. The van der Waals surface area contributed by atoms with Crippen LogP contribution in [0.25, 0.3) is 11.4 Å². The number of nitrogens with one attached hydrogen (secondary N) is 1. The molecule has 0 unspecified atom stereocenters. The second kappa shape index (κ2) is 7.44. The van der Waals surface area contributed by atoms with Gasteiger partial charge in [0.05, 0.1) is 18.9 Å². The highest BCUT2D eigenvalue weighted by Gasteiger charge is 2.12. The van der Waals surface area contributed by atoms with E-state index in [4.69, 9.17) is 17.0 Å². The Morgan fingerprint density at radius 1 is 1.16 bits per heavy atom. The molecular weight excluding hydrogens is 332 g/mol. The van der Waals surface area contributed by atoms with Crippen LogP contribution in [0.2, 0.25) is 0 Å². The number of nitrogens with zero attached hydrogens (tertiary/aromatic N) is 3. The van der Waals surface area contributed by atoms with E-state index < -0.39 is 0 Å². The van der Waals surface area contributed by atoms with Crippen molar-refractivity contribution in [3.8, 4) is 17.1 Å². The number of hydrogen-bond donors (Lipinski definition) is 1. The molecule has 0 atom stereocenters. The van der Waals surface area contributed by atoms with E-state index in [0.717, 1.165) is 11.1 Å². The van der Waals surface area contributed by atoms with E-state index in [1.165, 1.54) is 5.56 Å². The van der Waals surface area contributed by atoms with Crippen LogP contribution in [0, 0.1) is 4.77 Å². The summed E-state index contributed by atoms with van der Waals surface area (Å²) in [6.07, 6.45) is 1.77. The molecule has 0 fully saturated rings. The predicted octanol–water partition coefficient (Wildman–Crippen LogP) is 4.62. The number of aromatic nitrogens is 3. The highest BCUT2D eigenvalue weighted by molar-refractivity contribution is 7.71. The lowest BCUT2D eigenvalue weighted by atomic mass is 10.0. The summed E-state index contributed by atoms with van der Waals surface area (Å²) in [5.41, 5.74) is 3.12. The molecule has 1 heterocycles. The predicted molar refractivity (Wildman–Crippen MR) is 103 cm³/mol. The van der Waals surface area contributed by atoms with Crippen LogP contribution in [0.3, 0.4) is 0 Å². The molecule has 0 bridgehead atoms. The largest absolute Gasteiger partial charge is 0.496 e. The van der Waals surface area contributed by atoms with Crippen molar-refractivity contribution in [2.24, 2.45) is 5.10 Å². The number of aromatic amines is 1. The lowest BCUT2D eigenvalue weighted by Gasteiger charge is -2.07. The monoisotopic (exact) mass is 352 g/mol. The first-order chi connectivity index (χ1) is 12.1. The zero-order valence-corrected chi connectivity index (χ0v) is 15.2. The lowest BCUT2D eigenvalue weighted by Crippen LogP contribution is -1.97. The van der Waals surface area contributed by atoms with Crippen molar-refractivity contribution in [3.63, 3.8) is 0 Å². The van der Waals surface area contributed by atoms with Crippen LogP contribution in [-0.2, 0) is 0 Å². The zero-order valence-electron chi connectivity index (χ0n) is 14.4. The van der Waals surface area contributed by atoms with Gasteiger partial charge in [0, 0.05) is 0 Å². The van der Waals surface area contributed by atoms with E-state index in [9.17, 15) is 0 Å². The van der Waals surface area contributed by atoms with Gasteiger partial charge in [-0.1, -0.05) is 50.2 Å². The van der Waals surface area contributed by atoms with Gasteiger partial charge in [0.15, 0.2) is 5.82 Å². The minimum absolute atomic E-state index is 0.427. The van der Waals surface area contributed by atoms with Crippen molar-refractivity contribution in [3.05, 3.63) is 64.4 Å². The fourth-order valence-corrected chi connectivity index (χ4v) is 2.67. The van der Waals surface area contributed by atoms with Crippen molar-refractivity contribution < 1.29 is 4.74 Å². The SMILES string of the molecule is COc1ccccc1-c1n[nH]c(=S)n1/N=C\c1ccc(C(C)C)cc1. The Morgan fingerprint density at radius 2 is 1.88 bits per heavy atom. The van der Waals surface area contributed by atoms with E-state index in [0.29, 0.717) is 22.3 Å². The molecule has 0 amide bonds. The summed E-state index contributed by atoms with van der Waals surface area (Å²) in [5, 5.41) is 11.6. The summed E-state index contributed by atoms with van der Waals surface area (Å²) in [6, 6.07) is 16.0. The molecule has 25 heavy (non-hydrogen) atoms. The molecule has 128 valence electrons. The van der Waals surface area contributed by atoms with Gasteiger partial charge in [-0.05, 0) is 41.4 Å². The Balaban J connectivity index is 1.96. The molecule has 3 aromatic rings. The number of ether oxygens (including phenoxy) is 1. The molecule has 2 aromatic carbocycles. The van der Waals surface area contributed by atoms with Crippen LogP contribution in [0.1, 0.15) is 30.9 Å². The van der Waals surface area contributed by atoms with E-state index in [1.54, 1.807) is 18.0 Å². The Labute approximate surface area is 152 Å². The van der Waals surface area contributed by atoms with Crippen molar-refractivity contribution in [1.82, 2.24) is 14.9 Å². The number of hydrogen-bond acceptors (Lipinski definition) is 4. The zero-order chi connectivity index (χ0) is 17.8. The van der Waals surface area contributed by atoms with Gasteiger partial charge in [0.25, 0.3) is 0 Å². The van der Waals surface area contributed by atoms with E-state index >= 15 is 0 Å². The fourth-order valence-electron chi connectivity index (χ4n) is 2.49. The maximum Gasteiger partial charge on any atom is 0.216 e. The summed E-state index contributed by atoms with van der Waals surface area (Å²) in [6.45, 7) is 4.35. The third-order valence-electron chi connectivity index (χ3n) is 3.92. The molecule has 0 aliphatic rings. The molecule has 1 N–H and O–H groups in total. The molecule has 0 radical (unpaired) electrons. The smallest absolute Gasteiger partial charge is 0.216 e. The van der Waals surface area contributed by atoms with Gasteiger partial charge in [-0.25, -0.2) is 5.10 Å². The minimum atomic E-state index is 0.427. The molecule has 5 nitrogen and oxygen atoms in total. The van der Waals surface area contributed by atoms with Crippen molar-refractivity contribution in [2.75, 3.05) is 7.11 Å². The highest BCUT2D eigenvalue weighted by atomic mass is 32.1. The van der Waals surface area contributed by atoms with Crippen LogP contribution >= 0.6 is 12.2 Å². The van der Waals surface area contributed by atoms with Gasteiger partial charge >= 0.3 is 0 Å². The first-order valence-corrected chi connectivity index (χ1v) is 8.46. The molecule has 6 heteroatoms. The second-order valence-corrected chi connectivity index (χ2v) is 6.32. The standard InChI is InChI=1S/C19H20N4OS/c1-13(2)15-10-8-14(9-11-15)12-20-23-18(21-22-19(23)25)16-6-4-5-7-17(16)24-3/h4-13H,1-3H3,(H,22,25)/b20-12-. The van der Waals surface area contributed by atoms with Gasteiger partial charge in [0.1, 0.15) is 5.75 Å². The molecule has 0 saturated heterocycles. The number of rotatable bonds is 5. The summed E-state index contributed by atoms with van der Waals surface area (Å²) < 4.78 is 7.44. The maximum atomic E-state index is 5.41. The maximum absolute atomic E-state index is 5.41. The highest BCUT2D eigenvalue weighted by Crippen LogP contribution is 2.28. The summed E-state index contributed by atoms with van der Waals surface area (Å²) >= 11 is 5.31. The van der Waals surface area contributed by atoms with Gasteiger partial charge in [0.2, 0.25) is 4.77 Å². The van der Waals surface area contributed by atoms with E-state index in [2.05, 4.69) is 41.3 Å². The number of benzene rings is 2. The Kier molecular flexibility index (Phi) is 5.09. The first-order valence-electron chi connectivity index (χ1n) is 8.05. The Morgan fingerprint density at radius 3 is 2.56 bits per heavy atom. The van der Waals surface area contributed by atoms with Gasteiger partial charge in [-0.3, -0.25) is 0 Å². The molecule has 0 aliphatic carbocycles. The van der Waals surface area contributed by atoms with Gasteiger partial charge in [-0.2, -0.15) is 14.9 Å². The molecule has 0 saturated carbocycles. The van der Waals surface area contributed by atoms with Crippen LogP contribution in [0.15, 0.2) is 53.6 Å². The van der Waals surface area contributed by atoms with Crippen molar-refractivity contribution >= 4 is 18.4 Å². The van der Waals surface area contributed by atoms with Crippen LogP contribution in [0.5, 0.6) is 5.75 Å². The molecule has 3 rings (SSSR count). The molecular formula is C19H20N4OS. The summed E-state index contributed by atoms with van der Waals surface area (Å²) in [4.78, 5) is 0. The number of H-pyrrole nitrogens is 1. The van der Waals surface area contributed by atoms with E-state index in [-0.39, 0.29) is 0 Å². The third-order valence-corrected chi connectivity index (χ3v) is 4.19. The lowest BCUT2D eigenvalue weighted by molar-refractivity contribution is 0.416. The minimum Gasteiger partial charge on any atom is -0.496 e. The van der Waals surface area contributed by atoms with Crippen molar-refractivity contribution in [1.29, 1.82) is 0 Å². The van der Waals surface area contributed by atoms with Crippen LogP contribution in [0.4, 0.5) is 0 Å². The number of para-hydroxylation sites is 1.